The Kier molecular flexibility index (Phi) is 5.26. The lowest BCUT2D eigenvalue weighted by Gasteiger charge is -2.12. The zero-order chi connectivity index (χ0) is 22.1. The molecule has 0 radical (unpaired) electrons. The molecule has 0 spiro atoms. The number of amides is 1. The van der Waals surface area contributed by atoms with Crippen molar-refractivity contribution in [2.45, 2.75) is 39.2 Å². The van der Waals surface area contributed by atoms with E-state index in [0.717, 1.165) is 65.2 Å². The van der Waals surface area contributed by atoms with E-state index in [-0.39, 0.29) is 5.91 Å². The fourth-order valence-corrected chi connectivity index (χ4v) is 4.17. The molecule has 1 aliphatic rings. The molecule has 8 nitrogen and oxygen atoms in total. The van der Waals surface area contributed by atoms with Gasteiger partial charge < -0.3 is 15.2 Å². The minimum atomic E-state index is -0.164. The molecule has 0 aliphatic carbocycles. The van der Waals surface area contributed by atoms with Crippen molar-refractivity contribution in [3.05, 3.63) is 60.2 Å². The largest absolute Gasteiger partial charge is 0.373 e. The highest BCUT2D eigenvalue weighted by Gasteiger charge is 2.19. The highest BCUT2D eigenvalue weighted by atomic mass is 16.2. The lowest BCUT2D eigenvalue weighted by molar-refractivity contribution is 0.101. The van der Waals surface area contributed by atoms with Gasteiger partial charge in [0.2, 0.25) is 0 Å². The summed E-state index contributed by atoms with van der Waals surface area (Å²) >= 11 is 0. The number of carbonyl (C=O) groups excluding carboxylic acids is 1. The number of nitrogens with one attached hydrogen (secondary N) is 2. The number of aromatic nitrogens is 5. The number of fused-ring (bicyclic) bond motifs is 2. The minimum absolute atomic E-state index is 0.164. The molecule has 1 amide bonds. The van der Waals surface area contributed by atoms with E-state index in [2.05, 4.69) is 30.6 Å². The van der Waals surface area contributed by atoms with Gasteiger partial charge in [-0.15, -0.1) is 0 Å². The van der Waals surface area contributed by atoms with Crippen molar-refractivity contribution >= 4 is 28.3 Å². The molecule has 0 unspecified atom stereocenters. The molecule has 4 aromatic rings. The van der Waals surface area contributed by atoms with E-state index in [4.69, 9.17) is 0 Å². The summed E-state index contributed by atoms with van der Waals surface area (Å²) < 4.78 is 2.05. The van der Waals surface area contributed by atoms with E-state index < -0.39 is 0 Å². The van der Waals surface area contributed by atoms with Crippen molar-refractivity contribution in [1.29, 1.82) is 0 Å². The average molecular weight is 428 g/mol. The van der Waals surface area contributed by atoms with Gasteiger partial charge >= 0.3 is 0 Å². The number of imidazole rings is 1. The first-order valence-electron chi connectivity index (χ1n) is 10.9. The van der Waals surface area contributed by atoms with Crippen molar-refractivity contribution in [3.63, 3.8) is 0 Å². The summed E-state index contributed by atoms with van der Waals surface area (Å²) in [7, 11) is 1.83. The first kappa shape index (κ1) is 20.1. The maximum Gasteiger partial charge on any atom is 0.273 e. The number of carbonyl (C=O) groups is 1. The molecule has 162 valence electrons. The summed E-state index contributed by atoms with van der Waals surface area (Å²) in [5, 5.41) is 6.97. The molecular formula is C24H25N7O. The van der Waals surface area contributed by atoms with Crippen LogP contribution in [0.4, 0.5) is 11.5 Å². The van der Waals surface area contributed by atoms with Crippen molar-refractivity contribution < 1.29 is 4.79 Å². The van der Waals surface area contributed by atoms with E-state index in [0.29, 0.717) is 11.4 Å². The summed E-state index contributed by atoms with van der Waals surface area (Å²) in [6.45, 7) is 2.78. The molecule has 5 rings (SSSR count). The number of anilines is 2. The summed E-state index contributed by atoms with van der Waals surface area (Å²) in [6.07, 6.45) is 11.3. The molecule has 0 aromatic carbocycles. The normalized spacial score (nSPS) is 13.4. The van der Waals surface area contributed by atoms with Gasteiger partial charge in [0.05, 0.1) is 23.6 Å². The smallest absolute Gasteiger partial charge is 0.273 e. The highest BCUT2D eigenvalue weighted by Crippen LogP contribution is 2.28. The van der Waals surface area contributed by atoms with Crippen LogP contribution in [0.3, 0.4) is 0 Å². The van der Waals surface area contributed by atoms with Gasteiger partial charge in [0.25, 0.3) is 5.91 Å². The number of nitrogens with zero attached hydrogens (tertiary/aromatic N) is 5. The summed E-state index contributed by atoms with van der Waals surface area (Å²) in [5.74, 6) is 1.61. The number of hydrogen-bond acceptors (Lipinski definition) is 6. The van der Waals surface area contributed by atoms with E-state index in [1.165, 1.54) is 6.42 Å². The van der Waals surface area contributed by atoms with Crippen LogP contribution in [0.15, 0.2) is 43.0 Å². The topological polar surface area (TPSA) is 97.6 Å². The molecule has 5 heterocycles. The van der Waals surface area contributed by atoms with Crippen LogP contribution in [-0.2, 0) is 13.0 Å². The van der Waals surface area contributed by atoms with Gasteiger partial charge in [-0.05, 0) is 31.9 Å². The van der Waals surface area contributed by atoms with Crippen LogP contribution in [0.2, 0.25) is 0 Å². The van der Waals surface area contributed by atoms with Gasteiger partial charge in [-0.25, -0.2) is 9.97 Å². The van der Waals surface area contributed by atoms with Gasteiger partial charge in [-0.2, -0.15) is 0 Å². The third-order valence-corrected chi connectivity index (χ3v) is 5.93. The minimum Gasteiger partial charge on any atom is -0.373 e. The molecule has 0 saturated carbocycles. The fraction of sp³-hybridized carbons (Fsp3) is 0.292. The summed E-state index contributed by atoms with van der Waals surface area (Å²) in [5.41, 5.74) is 4.82. The molecule has 8 heteroatoms. The second-order valence-electron chi connectivity index (χ2n) is 8.07. The second-order valence-corrected chi connectivity index (χ2v) is 8.07. The maximum absolute atomic E-state index is 13.0. The second kappa shape index (κ2) is 8.37. The van der Waals surface area contributed by atoms with E-state index in [1.807, 2.05) is 42.9 Å². The van der Waals surface area contributed by atoms with E-state index in [1.54, 1.807) is 18.6 Å². The van der Waals surface area contributed by atoms with Crippen LogP contribution in [0.25, 0.3) is 22.0 Å². The van der Waals surface area contributed by atoms with Crippen LogP contribution in [0.5, 0.6) is 0 Å². The third kappa shape index (κ3) is 3.79. The SMILES string of the molecule is CNc1cc2ncc(-c3cc(NC(=O)c4cnc5n4CCCCC5)cnc3C)cc2cn1. The number of hydrogen-bond donors (Lipinski definition) is 2. The molecule has 32 heavy (non-hydrogen) atoms. The summed E-state index contributed by atoms with van der Waals surface area (Å²) in [6, 6.07) is 5.90. The lowest BCUT2D eigenvalue weighted by atomic mass is 10.0. The fourth-order valence-electron chi connectivity index (χ4n) is 4.17. The number of rotatable bonds is 4. The zero-order valence-electron chi connectivity index (χ0n) is 18.2. The molecular weight excluding hydrogens is 402 g/mol. The van der Waals surface area contributed by atoms with Crippen LogP contribution in [0.1, 0.15) is 41.3 Å². The van der Waals surface area contributed by atoms with Crippen molar-refractivity contribution in [2.24, 2.45) is 0 Å². The predicted octanol–water partition coefficient (Wildman–Crippen LogP) is 4.22. The molecule has 1 aliphatic heterocycles. The average Bonchev–Trinajstić information content (AvgIpc) is 3.08. The first-order chi connectivity index (χ1) is 15.6. The molecule has 0 atom stereocenters. The lowest BCUT2D eigenvalue weighted by Crippen LogP contribution is -2.18. The Balaban J connectivity index is 1.44. The predicted molar refractivity (Wildman–Crippen MR) is 125 cm³/mol. The molecule has 2 N–H and O–H groups in total. The quantitative estimate of drug-likeness (QED) is 0.506. The van der Waals surface area contributed by atoms with Gasteiger partial charge in [0.15, 0.2) is 0 Å². The van der Waals surface area contributed by atoms with Crippen molar-refractivity contribution in [2.75, 3.05) is 17.7 Å². The molecule has 0 saturated heterocycles. The van der Waals surface area contributed by atoms with E-state index in [9.17, 15) is 4.79 Å². The first-order valence-corrected chi connectivity index (χ1v) is 10.9. The number of pyridine rings is 3. The van der Waals surface area contributed by atoms with E-state index >= 15 is 0 Å². The standard InChI is InChI=1S/C24H25N7O/c1-15-19(16-8-17-12-28-22(25-2)10-20(17)27-11-16)9-18(13-26-15)30-24(32)21-14-29-23-6-4-3-5-7-31(21)23/h8-14H,3-7H2,1-2H3,(H,25,28)(H,30,32). The van der Waals surface area contributed by atoms with Crippen molar-refractivity contribution in [1.82, 2.24) is 24.5 Å². The molecule has 0 bridgehead atoms. The Morgan fingerprint density at radius 1 is 0.969 bits per heavy atom. The zero-order valence-corrected chi connectivity index (χ0v) is 18.2. The van der Waals surface area contributed by atoms with Crippen LogP contribution >= 0.6 is 0 Å². The van der Waals surface area contributed by atoms with Gasteiger partial charge in [0.1, 0.15) is 17.3 Å². The van der Waals surface area contributed by atoms with Gasteiger partial charge in [-0.3, -0.25) is 14.8 Å². The number of aryl methyl sites for hydroxylation is 2. The van der Waals surface area contributed by atoms with Gasteiger partial charge in [-0.1, -0.05) is 6.42 Å². The van der Waals surface area contributed by atoms with Crippen LogP contribution in [-0.4, -0.2) is 37.5 Å². The Morgan fingerprint density at radius 3 is 2.75 bits per heavy atom. The molecule has 0 fully saturated rings. The summed E-state index contributed by atoms with van der Waals surface area (Å²) in [4.78, 5) is 30.9. The Hall–Kier alpha value is -3.81. The maximum atomic E-state index is 13.0. The van der Waals surface area contributed by atoms with Crippen molar-refractivity contribution in [3.8, 4) is 11.1 Å². The van der Waals surface area contributed by atoms with Gasteiger partial charge in [0, 0.05) is 60.7 Å². The Labute approximate surface area is 186 Å². The third-order valence-electron chi connectivity index (χ3n) is 5.93. The Morgan fingerprint density at radius 2 is 1.88 bits per heavy atom. The van der Waals surface area contributed by atoms with Crippen LogP contribution < -0.4 is 10.6 Å². The monoisotopic (exact) mass is 427 g/mol. The Bertz CT molecular complexity index is 1310. The molecule has 4 aromatic heterocycles. The van der Waals surface area contributed by atoms with Crippen LogP contribution in [0, 0.1) is 6.92 Å². The highest BCUT2D eigenvalue weighted by molar-refractivity contribution is 6.03.